The van der Waals surface area contributed by atoms with Gasteiger partial charge in [0.25, 0.3) is 0 Å². The first-order valence-electron chi connectivity index (χ1n) is 14.6. The summed E-state index contributed by atoms with van der Waals surface area (Å²) < 4.78 is 11.9. The maximum absolute atomic E-state index is 11.9. The fourth-order valence-corrected chi connectivity index (χ4v) is 5.38. The van der Waals surface area contributed by atoms with E-state index in [1.54, 1.807) is 12.1 Å². The molecule has 1 atom stereocenters. The summed E-state index contributed by atoms with van der Waals surface area (Å²) >= 11 is 0. The van der Waals surface area contributed by atoms with Crippen molar-refractivity contribution in [2.24, 2.45) is 0 Å². The molecule has 8 heteroatoms. The minimum absolute atomic E-state index is 0.163. The van der Waals surface area contributed by atoms with Gasteiger partial charge in [0.05, 0.1) is 16.5 Å². The molecule has 6 rings (SSSR count). The predicted octanol–water partition coefficient (Wildman–Crippen LogP) is 7.42. The molecule has 44 heavy (non-hydrogen) atoms. The van der Waals surface area contributed by atoms with Gasteiger partial charge in [-0.05, 0) is 41.0 Å². The number of ether oxygens (including phenoxy) is 2. The number of aliphatic hydroxyl groups is 1. The lowest BCUT2D eigenvalue weighted by Gasteiger charge is -2.25. The summed E-state index contributed by atoms with van der Waals surface area (Å²) in [5, 5.41) is 25.4. The molecule has 0 fully saturated rings. The fraction of sp³-hybridized carbons (Fsp3) is 0.167. The van der Waals surface area contributed by atoms with Gasteiger partial charge in [-0.1, -0.05) is 84.9 Å². The third kappa shape index (κ3) is 6.89. The number of nitro groups is 1. The molecule has 0 aliphatic rings. The van der Waals surface area contributed by atoms with Crippen molar-refractivity contribution >= 4 is 27.5 Å². The van der Waals surface area contributed by atoms with Gasteiger partial charge in [0.2, 0.25) is 0 Å². The number of nitrogens with one attached hydrogen (secondary N) is 1. The van der Waals surface area contributed by atoms with Crippen LogP contribution in [0.5, 0.6) is 11.5 Å². The Balaban J connectivity index is 1.14. The van der Waals surface area contributed by atoms with E-state index < -0.39 is 11.0 Å². The third-order valence-corrected chi connectivity index (χ3v) is 7.64. The number of aromatic nitrogens is 1. The van der Waals surface area contributed by atoms with Crippen molar-refractivity contribution in [1.29, 1.82) is 0 Å². The normalized spacial score (nSPS) is 12.0. The molecule has 2 N–H and O–H groups in total. The van der Waals surface area contributed by atoms with Crippen molar-refractivity contribution in [3.05, 3.63) is 148 Å². The number of benzene rings is 5. The van der Waals surface area contributed by atoms with Crippen molar-refractivity contribution in [3.8, 4) is 11.5 Å². The van der Waals surface area contributed by atoms with Gasteiger partial charge in [-0.15, -0.1) is 0 Å². The number of aromatic amines is 1. The minimum Gasteiger partial charge on any atom is -0.492 e. The Morgan fingerprint density at radius 1 is 0.773 bits per heavy atom. The van der Waals surface area contributed by atoms with E-state index in [9.17, 15) is 15.2 Å². The second kappa shape index (κ2) is 13.4. The van der Waals surface area contributed by atoms with E-state index in [1.807, 2.05) is 84.9 Å². The average molecular weight is 588 g/mol. The molecule has 0 unspecified atom stereocenters. The van der Waals surface area contributed by atoms with Gasteiger partial charge in [-0.2, -0.15) is 0 Å². The topological polar surface area (TPSA) is 101 Å². The number of para-hydroxylation sites is 1. The first kappa shape index (κ1) is 28.9. The summed E-state index contributed by atoms with van der Waals surface area (Å²) in [5.74, 6) is 0.919. The van der Waals surface area contributed by atoms with Crippen LogP contribution in [0.4, 0.5) is 5.69 Å². The van der Waals surface area contributed by atoms with Crippen molar-refractivity contribution in [2.75, 3.05) is 19.7 Å². The van der Waals surface area contributed by atoms with Crippen LogP contribution in [0.1, 0.15) is 22.8 Å². The molecular weight excluding hydrogens is 554 g/mol. The lowest BCUT2D eigenvalue weighted by Crippen LogP contribution is -2.32. The van der Waals surface area contributed by atoms with Gasteiger partial charge in [0, 0.05) is 48.1 Å². The number of H-pyrrole nitrogens is 1. The summed E-state index contributed by atoms with van der Waals surface area (Å²) in [6, 6.07) is 38.4. The van der Waals surface area contributed by atoms with Crippen LogP contribution < -0.4 is 9.47 Å². The van der Waals surface area contributed by atoms with E-state index in [2.05, 4.69) is 28.1 Å². The summed E-state index contributed by atoms with van der Waals surface area (Å²) in [7, 11) is 0. The fourth-order valence-electron chi connectivity index (χ4n) is 5.38. The average Bonchev–Trinajstić information content (AvgIpc) is 3.42. The summed E-state index contributed by atoms with van der Waals surface area (Å²) in [6.07, 6.45) is -0.955. The van der Waals surface area contributed by atoms with Gasteiger partial charge in [0.1, 0.15) is 19.0 Å². The smallest absolute Gasteiger partial charge is 0.311 e. The van der Waals surface area contributed by atoms with Crippen molar-refractivity contribution in [1.82, 2.24) is 9.88 Å². The first-order valence-corrected chi connectivity index (χ1v) is 14.6. The zero-order chi connectivity index (χ0) is 30.3. The first-order chi connectivity index (χ1) is 21.5. The van der Waals surface area contributed by atoms with Crippen LogP contribution in [0.25, 0.3) is 21.8 Å². The van der Waals surface area contributed by atoms with Gasteiger partial charge in [0.15, 0.2) is 5.75 Å². The molecule has 0 aliphatic heterocycles. The van der Waals surface area contributed by atoms with Crippen LogP contribution in [0.15, 0.2) is 121 Å². The van der Waals surface area contributed by atoms with Gasteiger partial charge in [-0.25, -0.2) is 0 Å². The van der Waals surface area contributed by atoms with Crippen molar-refractivity contribution < 1.29 is 19.5 Å². The number of rotatable bonds is 13. The predicted molar refractivity (Wildman–Crippen MR) is 172 cm³/mol. The van der Waals surface area contributed by atoms with Crippen LogP contribution in [0.2, 0.25) is 0 Å². The Kier molecular flexibility index (Phi) is 8.82. The van der Waals surface area contributed by atoms with Crippen molar-refractivity contribution in [3.63, 3.8) is 0 Å². The third-order valence-electron chi connectivity index (χ3n) is 7.64. The highest BCUT2D eigenvalue weighted by atomic mass is 16.6. The maximum Gasteiger partial charge on any atom is 0.311 e. The SMILES string of the molecule is O=[N+]([O-])c1cc([C@@H](O)CN(CCOc2ccc3c(c2)[nH]c2ccccc23)Cc2ccccc2)ccc1OCc1ccccc1. The standard InChI is InChI=1S/C36H33N3O5/c40-35(28-15-18-36(34(21-28)39(41)42)44-25-27-11-5-2-6-12-27)24-38(23-26-9-3-1-4-10-26)19-20-43-29-16-17-31-30-13-7-8-14-32(30)37-33(31)22-29/h1-18,21-22,35,37,40H,19-20,23-25H2/t35-/m0/s1. The van der Waals surface area contributed by atoms with Crippen LogP contribution in [-0.4, -0.2) is 39.6 Å². The van der Waals surface area contributed by atoms with E-state index in [4.69, 9.17) is 9.47 Å². The molecule has 0 spiro atoms. The van der Waals surface area contributed by atoms with E-state index >= 15 is 0 Å². The van der Waals surface area contributed by atoms with E-state index in [0.717, 1.165) is 33.3 Å². The Labute approximate surface area is 255 Å². The van der Waals surface area contributed by atoms with E-state index in [0.29, 0.717) is 25.3 Å². The molecule has 0 aliphatic carbocycles. The second-order valence-corrected chi connectivity index (χ2v) is 10.7. The quantitative estimate of drug-likeness (QED) is 0.108. The van der Waals surface area contributed by atoms with Gasteiger partial charge >= 0.3 is 5.69 Å². The summed E-state index contributed by atoms with van der Waals surface area (Å²) in [6.45, 7) is 2.00. The molecular formula is C36H33N3O5. The second-order valence-electron chi connectivity index (χ2n) is 10.7. The summed E-state index contributed by atoms with van der Waals surface area (Å²) in [4.78, 5) is 17.0. The molecule has 8 nitrogen and oxygen atoms in total. The Morgan fingerprint density at radius 3 is 2.25 bits per heavy atom. The number of hydrogen-bond acceptors (Lipinski definition) is 6. The zero-order valence-electron chi connectivity index (χ0n) is 24.1. The maximum atomic E-state index is 11.9. The molecule has 0 saturated heterocycles. The van der Waals surface area contributed by atoms with Crippen molar-refractivity contribution in [2.45, 2.75) is 19.3 Å². The van der Waals surface area contributed by atoms with E-state index in [1.165, 1.54) is 11.5 Å². The number of nitro benzene ring substituents is 1. The molecule has 1 aromatic heterocycles. The lowest BCUT2D eigenvalue weighted by atomic mass is 10.1. The highest BCUT2D eigenvalue weighted by Crippen LogP contribution is 2.32. The van der Waals surface area contributed by atoms with Gasteiger partial charge < -0.3 is 19.6 Å². The molecule has 0 radical (unpaired) electrons. The Morgan fingerprint density at radius 2 is 1.48 bits per heavy atom. The number of hydrogen-bond donors (Lipinski definition) is 2. The molecule has 222 valence electrons. The molecule has 6 aromatic rings. The van der Waals surface area contributed by atoms with Crippen LogP contribution in [-0.2, 0) is 13.2 Å². The van der Waals surface area contributed by atoms with E-state index in [-0.39, 0.29) is 24.6 Å². The number of fused-ring (bicyclic) bond motifs is 3. The largest absolute Gasteiger partial charge is 0.492 e. The molecule has 0 bridgehead atoms. The van der Waals surface area contributed by atoms with Gasteiger partial charge in [-0.3, -0.25) is 15.0 Å². The number of nitrogens with zero attached hydrogens (tertiary/aromatic N) is 2. The monoisotopic (exact) mass is 587 g/mol. The Bertz CT molecular complexity index is 1860. The molecule has 0 amide bonds. The van der Waals surface area contributed by atoms with Crippen LogP contribution >= 0.6 is 0 Å². The Hall–Kier alpha value is -5.18. The molecule has 5 aromatic carbocycles. The summed E-state index contributed by atoms with van der Waals surface area (Å²) in [5.41, 5.74) is 4.37. The molecule has 0 saturated carbocycles. The highest BCUT2D eigenvalue weighted by molar-refractivity contribution is 6.07. The minimum atomic E-state index is -0.955. The lowest BCUT2D eigenvalue weighted by molar-refractivity contribution is -0.386. The zero-order valence-corrected chi connectivity index (χ0v) is 24.1. The van der Waals surface area contributed by atoms with Crippen LogP contribution in [0.3, 0.4) is 0 Å². The molecule has 1 heterocycles. The highest BCUT2D eigenvalue weighted by Gasteiger charge is 2.21. The van der Waals surface area contributed by atoms with Crippen LogP contribution in [0, 0.1) is 10.1 Å². The number of aliphatic hydroxyl groups excluding tert-OH is 1.